The summed E-state index contributed by atoms with van der Waals surface area (Å²) < 4.78 is 13.5. The summed E-state index contributed by atoms with van der Waals surface area (Å²) >= 11 is 0. The molecule has 0 saturated heterocycles. The first-order chi connectivity index (χ1) is 6.63. The lowest BCUT2D eigenvalue weighted by atomic mass is 10.0. The number of aryl methyl sites for hydroxylation is 1. The number of alkyl halides is 1. The first-order valence-electron chi connectivity index (χ1n) is 5.00. The van der Waals surface area contributed by atoms with Gasteiger partial charge in [0.25, 0.3) is 0 Å². The fourth-order valence-corrected chi connectivity index (χ4v) is 1.31. The van der Waals surface area contributed by atoms with Crippen LogP contribution in [0.25, 0.3) is 0 Å². The Kier molecular flexibility index (Phi) is 4.08. The first kappa shape index (κ1) is 11.2. The van der Waals surface area contributed by atoms with E-state index in [2.05, 4.69) is 5.32 Å². The van der Waals surface area contributed by atoms with Crippen LogP contribution in [0.4, 0.5) is 4.39 Å². The number of hydrogen-bond acceptors (Lipinski definition) is 1. The molecule has 0 fully saturated rings. The molecule has 0 radical (unpaired) electrons. The Morgan fingerprint density at radius 1 is 1.29 bits per heavy atom. The average Bonchev–Trinajstić information content (AvgIpc) is 2.20. The van der Waals surface area contributed by atoms with Gasteiger partial charge in [-0.05, 0) is 26.5 Å². The third-order valence-corrected chi connectivity index (χ3v) is 2.55. The predicted octanol–water partition coefficient (Wildman–Crippen LogP) is 2.48. The van der Waals surface area contributed by atoms with Crippen LogP contribution < -0.4 is 5.32 Å². The van der Waals surface area contributed by atoms with Gasteiger partial charge in [-0.3, -0.25) is 0 Å². The number of hydrogen-bond donors (Lipinski definition) is 1. The molecule has 0 saturated carbocycles. The zero-order valence-electron chi connectivity index (χ0n) is 9.05. The maximum atomic E-state index is 13.5. The standard InChI is InChI=1S/C12H18FN/c1-9-4-6-11(7-5-9)8-12(13)10(2)14-3/h4-7,10,12,14H,8H2,1-3H3. The molecule has 0 amide bonds. The fraction of sp³-hybridized carbons (Fsp3) is 0.500. The van der Waals surface area contributed by atoms with Gasteiger partial charge in [0.05, 0.1) is 0 Å². The molecule has 0 aliphatic heterocycles. The SMILES string of the molecule is CNC(C)C(F)Cc1ccc(C)cc1. The zero-order chi connectivity index (χ0) is 10.6. The molecule has 78 valence electrons. The van der Waals surface area contributed by atoms with Crippen LogP contribution >= 0.6 is 0 Å². The van der Waals surface area contributed by atoms with Crippen molar-refractivity contribution in [3.63, 3.8) is 0 Å². The highest BCUT2D eigenvalue weighted by atomic mass is 19.1. The molecule has 2 heteroatoms. The maximum Gasteiger partial charge on any atom is 0.119 e. The van der Waals surface area contributed by atoms with Crippen LogP contribution in [0, 0.1) is 6.92 Å². The van der Waals surface area contributed by atoms with Gasteiger partial charge in [-0.1, -0.05) is 29.8 Å². The number of halogens is 1. The molecule has 0 aliphatic rings. The molecule has 0 bridgehead atoms. The molecule has 0 aromatic heterocycles. The van der Waals surface area contributed by atoms with Gasteiger partial charge in [-0.2, -0.15) is 0 Å². The van der Waals surface area contributed by atoms with E-state index in [9.17, 15) is 4.39 Å². The Balaban J connectivity index is 2.56. The summed E-state index contributed by atoms with van der Waals surface area (Å²) in [4.78, 5) is 0. The van der Waals surface area contributed by atoms with Crippen molar-refractivity contribution < 1.29 is 4.39 Å². The molecule has 2 atom stereocenters. The van der Waals surface area contributed by atoms with E-state index < -0.39 is 6.17 Å². The van der Waals surface area contributed by atoms with E-state index in [-0.39, 0.29) is 6.04 Å². The normalized spacial score (nSPS) is 15.1. The summed E-state index contributed by atoms with van der Waals surface area (Å²) in [7, 11) is 1.78. The first-order valence-corrected chi connectivity index (χ1v) is 5.00. The highest BCUT2D eigenvalue weighted by Gasteiger charge is 2.14. The fourth-order valence-electron chi connectivity index (χ4n) is 1.31. The van der Waals surface area contributed by atoms with E-state index in [4.69, 9.17) is 0 Å². The Bertz CT molecular complexity index is 268. The van der Waals surface area contributed by atoms with Crippen LogP contribution in [-0.4, -0.2) is 19.3 Å². The second-order valence-corrected chi connectivity index (χ2v) is 3.78. The molecule has 1 nitrogen and oxygen atoms in total. The monoisotopic (exact) mass is 195 g/mol. The highest BCUT2D eigenvalue weighted by Crippen LogP contribution is 2.10. The second-order valence-electron chi connectivity index (χ2n) is 3.78. The minimum Gasteiger partial charge on any atom is -0.314 e. The average molecular weight is 195 g/mol. The minimum atomic E-state index is -0.817. The molecule has 0 heterocycles. The summed E-state index contributed by atoms with van der Waals surface area (Å²) in [5.74, 6) is 0. The van der Waals surface area contributed by atoms with Crippen molar-refractivity contribution in [3.05, 3.63) is 35.4 Å². The lowest BCUT2D eigenvalue weighted by Crippen LogP contribution is -2.33. The summed E-state index contributed by atoms with van der Waals surface area (Å²) in [5, 5.41) is 2.92. The van der Waals surface area contributed by atoms with Gasteiger partial charge in [0, 0.05) is 12.5 Å². The lowest BCUT2D eigenvalue weighted by molar-refractivity contribution is 0.267. The van der Waals surface area contributed by atoms with Crippen molar-refractivity contribution in [2.45, 2.75) is 32.5 Å². The van der Waals surface area contributed by atoms with E-state index in [1.165, 1.54) is 5.56 Å². The third-order valence-electron chi connectivity index (χ3n) is 2.55. The van der Waals surface area contributed by atoms with Gasteiger partial charge >= 0.3 is 0 Å². The minimum absolute atomic E-state index is 0.0868. The Labute approximate surface area is 85.3 Å². The molecule has 2 unspecified atom stereocenters. The van der Waals surface area contributed by atoms with Crippen molar-refractivity contribution >= 4 is 0 Å². The van der Waals surface area contributed by atoms with Crippen LogP contribution in [0.5, 0.6) is 0 Å². The lowest BCUT2D eigenvalue weighted by Gasteiger charge is -2.15. The van der Waals surface area contributed by atoms with Crippen LogP contribution in [-0.2, 0) is 6.42 Å². The largest absolute Gasteiger partial charge is 0.314 e. The van der Waals surface area contributed by atoms with Gasteiger partial charge in [-0.15, -0.1) is 0 Å². The topological polar surface area (TPSA) is 12.0 Å². The van der Waals surface area contributed by atoms with Gasteiger partial charge in [0.15, 0.2) is 0 Å². The third kappa shape index (κ3) is 3.11. The molecule has 1 rings (SSSR count). The van der Waals surface area contributed by atoms with Crippen LogP contribution in [0.2, 0.25) is 0 Å². The van der Waals surface area contributed by atoms with Crippen molar-refractivity contribution in [1.29, 1.82) is 0 Å². The molecule has 0 spiro atoms. The van der Waals surface area contributed by atoms with Crippen LogP contribution in [0.1, 0.15) is 18.1 Å². The molecule has 1 aromatic rings. The van der Waals surface area contributed by atoms with Crippen molar-refractivity contribution in [2.24, 2.45) is 0 Å². The van der Waals surface area contributed by atoms with Crippen LogP contribution in [0.3, 0.4) is 0 Å². The molecule has 1 N–H and O–H groups in total. The summed E-state index contributed by atoms with van der Waals surface area (Å²) in [6, 6.07) is 7.93. The van der Waals surface area contributed by atoms with Gasteiger partial charge in [0.2, 0.25) is 0 Å². The smallest absolute Gasteiger partial charge is 0.119 e. The summed E-state index contributed by atoms with van der Waals surface area (Å²) in [6.07, 6.45) is -0.329. The molecule has 14 heavy (non-hydrogen) atoms. The van der Waals surface area contributed by atoms with E-state index in [0.717, 1.165) is 5.56 Å². The Morgan fingerprint density at radius 2 is 1.86 bits per heavy atom. The molecular formula is C12H18FN. The van der Waals surface area contributed by atoms with Gasteiger partial charge < -0.3 is 5.32 Å². The van der Waals surface area contributed by atoms with E-state index in [0.29, 0.717) is 6.42 Å². The van der Waals surface area contributed by atoms with E-state index >= 15 is 0 Å². The maximum absolute atomic E-state index is 13.5. The molecule has 0 aliphatic carbocycles. The Hall–Kier alpha value is -0.890. The highest BCUT2D eigenvalue weighted by molar-refractivity contribution is 5.22. The summed E-state index contributed by atoms with van der Waals surface area (Å²) in [5.41, 5.74) is 2.27. The quantitative estimate of drug-likeness (QED) is 0.778. The van der Waals surface area contributed by atoms with Crippen LogP contribution in [0.15, 0.2) is 24.3 Å². The van der Waals surface area contributed by atoms with E-state index in [1.807, 2.05) is 38.1 Å². The second kappa shape index (κ2) is 5.11. The molecule has 1 aromatic carbocycles. The Morgan fingerprint density at radius 3 is 2.36 bits per heavy atom. The number of nitrogens with one attached hydrogen (secondary N) is 1. The van der Waals surface area contributed by atoms with Crippen molar-refractivity contribution in [2.75, 3.05) is 7.05 Å². The zero-order valence-corrected chi connectivity index (χ0v) is 9.05. The van der Waals surface area contributed by atoms with E-state index in [1.54, 1.807) is 7.05 Å². The van der Waals surface area contributed by atoms with Crippen molar-refractivity contribution in [1.82, 2.24) is 5.32 Å². The summed E-state index contributed by atoms with van der Waals surface area (Å²) in [6.45, 7) is 3.89. The van der Waals surface area contributed by atoms with Gasteiger partial charge in [0.1, 0.15) is 6.17 Å². The number of benzene rings is 1. The molecular weight excluding hydrogens is 177 g/mol. The van der Waals surface area contributed by atoms with Crippen molar-refractivity contribution in [3.8, 4) is 0 Å². The predicted molar refractivity (Wildman–Crippen MR) is 58.3 cm³/mol. The number of rotatable bonds is 4. The van der Waals surface area contributed by atoms with Gasteiger partial charge in [-0.25, -0.2) is 4.39 Å².